The molecule has 3 N–H and O–H groups in total. The molecule has 2 aromatic heterocycles. The Hall–Kier alpha value is -3.32. The number of pyridine rings is 1. The first-order valence-corrected chi connectivity index (χ1v) is 9.75. The third kappa shape index (κ3) is 2.90. The lowest BCUT2D eigenvalue weighted by Crippen LogP contribution is -2.22. The highest BCUT2D eigenvalue weighted by Gasteiger charge is 2.19. The summed E-state index contributed by atoms with van der Waals surface area (Å²) in [7, 11) is 0. The number of ether oxygens (including phenoxy) is 2. The fraction of sp³-hybridized carbons (Fsp3) is 0.143. The lowest BCUT2D eigenvalue weighted by molar-refractivity contribution is 0.0956. The minimum absolute atomic E-state index is 0.195. The highest BCUT2D eigenvalue weighted by molar-refractivity contribution is 7.21. The second-order valence-electron chi connectivity index (χ2n) is 6.54. The van der Waals surface area contributed by atoms with Gasteiger partial charge in [0.05, 0.1) is 11.2 Å². The first kappa shape index (κ1) is 16.8. The van der Waals surface area contributed by atoms with Crippen molar-refractivity contribution in [2.24, 2.45) is 0 Å². The van der Waals surface area contributed by atoms with Crippen molar-refractivity contribution >= 4 is 44.1 Å². The Balaban J connectivity index is 1.50. The highest BCUT2D eigenvalue weighted by atomic mass is 32.1. The number of anilines is 1. The Morgan fingerprint density at radius 2 is 1.86 bits per heavy atom. The zero-order valence-corrected chi connectivity index (χ0v) is 15.7. The Bertz CT molecular complexity index is 1200. The molecule has 28 heavy (non-hydrogen) atoms. The van der Waals surface area contributed by atoms with E-state index in [9.17, 15) is 4.79 Å². The van der Waals surface area contributed by atoms with Crippen LogP contribution in [0.1, 0.15) is 15.2 Å². The number of carbonyl (C=O) groups excluding carboxylic acids is 1. The third-order valence-electron chi connectivity index (χ3n) is 4.68. The lowest BCUT2D eigenvalue weighted by atomic mass is 10.1. The van der Waals surface area contributed by atoms with Crippen molar-refractivity contribution in [3.8, 4) is 11.5 Å². The van der Waals surface area contributed by atoms with E-state index >= 15 is 0 Å². The van der Waals surface area contributed by atoms with Gasteiger partial charge in [0.25, 0.3) is 5.91 Å². The number of rotatable bonds is 3. The highest BCUT2D eigenvalue weighted by Crippen LogP contribution is 2.38. The van der Waals surface area contributed by atoms with E-state index in [-0.39, 0.29) is 5.91 Å². The smallest absolute Gasteiger partial charge is 0.263 e. The molecule has 0 atom stereocenters. The maximum absolute atomic E-state index is 12.7. The molecule has 0 aliphatic carbocycles. The molecule has 2 aromatic carbocycles. The van der Waals surface area contributed by atoms with Gasteiger partial charge in [-0.05, 0) is 17.7 Å². The molecule has 3 heterocycles. The fourth-order valence-corrected chi connectivity index (χ4v) is 4.27. The van der Waals surface area contributed by atoms with Crippen molar-refractivity contribution in [3.05, 3.63) is 59.0 Å². The SMILES string of the molecule is Nc1c(C(=O)NCc2ccccc2)sc2nc3cc4c(cc3cc12)OCCO4. The average Bonchev–Trinajstić information content (AvgIpc) is 3.05. The summed E-state index contributed by atoms with van der Waals surface area (Å²) in [5, 5.41) is 4.60. The number of nitrogens with two attached hydrogens (primary N) is 1. The predicted molar refractivity (Wildman–Crippen MR) is 110 cm³/mol. The van der Waals surface area contributed by atoms with Crippen LogP contribution in [0.3, 0.4) is 0 Å². The number of carbonyl (C=O) groups is 1. The number of fused-ring (bicyclic) bond motifs is 3. The fourth-order valence-electron chi connectivity index (χ4n) is 3.26. The van der Waals surface area contributed by atoms with Crippen LogP contribution in [0.5, 0.6) is 11.5 Å². The van der Waals surface area contributed by atoms with Crippen LogP contribution in [0.25, 0.3) is 21.1 Å². The van der Waals surface area contributed by atoms with Crippen LogP contribution in [0.2, 0.25) is 0 Å². The molecule has 6 nitrogen and oxygen atoms in total. The summed E-state index contributed by atoms with van der Waals surface area (Å²) in [5.74, 6) is 1.20. The van der Waals surface area contributed by atoms with Gasteiger partial charge in [0.15, 0.2) is 11.5 Å². The molecule has 0 spiro atoms. The quantitative estimate of drug-likeness (QED) is 0.556. The van der Waals surface area contributed by atoms with Gasteiger partial charge in [0.2, 0.25) is 0 Å². The van der Waals surface area contributed by atoms with E-state index in [1.165, 1.54) is 11.3 Å². The molecule has 4 aromatic rings. The van der Waals surface area contributed by atoms with Crippen molar-refractivity contribution < 1.29 is 14.3 Å². The maximum atomic E-state index is 12.7. The standard InChI is InChI=1S/C21H17N3O3S/c22-18-14-8-13-9-16-17(27-7-6-26-16)10-15(13)24-21(14)28-19(18)20(25)23-11-12-4-2-1-3-5-12/h1-5,8-10H,6-7,11,22H2,(H,23,25). The first-order valence-electron chi connectivity index (χ1n) is 8.93. The molecule has 0 saturated carbocycles. The van der Waals surface area contributed by atoms with E-state index in [2.05, 4.69) is 5.32 Å². The van der Waals surface area contributed by atoms with Crippen LogP contribution < -0.4 is 20.5 Å². The second kappa shape index (κ2) is 6.69. The molecular formula is C21H17N3O3S. The summed E-state index contributed by atoms with van der Waals surface area (Å²) in [4.78, 5) is 18.6. The number of hydrogen-bond donors (Lipinski definition) is 2. The largest absolute Gasteiger partial charge is 0.486 e. The van der Waals surface area contributed by atoms with Gasteiger partial charge in [-0.3, -0.25) is 4.79 Å². The van der Waals surface area contributed by atoms with Crippen molar-refractivity contribution in [3.63, 3.8) is 0 Å². The Labute approximate surface area is 164 Å². The molecule has 0 saturated heterocycles. The van der Waals surface area contributed by atoms with Crippen LogP contribution in [-0.4, -0.2) is 24.1 Å². The number of benzene rings is 2. The molecule has 0 unspecified atom stereocenters. The van der Waals surface area contributed by atoms with Gasteiger partial charge >= 0.3 is 0 Å². The molecule has 0 fully saturated rings. The third-order valence-corrected chi connectivity index (χ3v) is 5.79. The van der Waals surface area contributed by atoms with Crippen LogP contribution in [0, 0.1) is 0 Å². The number of amides is 1. The van der Waals surface area contributed by atoms with Crippen molar-refractivity contribution in [1.82, 2.24) is 10.3 Å². The normalized spacial score (nSPS) is 13.0. The van der Waals surface area contributed by atoms with Gasteiger partial charge in [-0.15, -0.1) is 11.3 Å². The molecule has 7 heteroatoms. The van der Waals surface area contributed by atoms with E-state index in [1.54, 1.807) is 0 Å². The van der Waals surface area contributed by atoms with Crippen molar-refractivity contribution in [2.45, 2.75) is 6.54 Å². The summed E-state index contributed by atoms with van der Waals surface area (Å²) >= 11 is 1.30. The van der Waals surface area contributed by atoms with Gasteiger partial charge in [0.1, 0.15) is 22.9 Å². The van der Waals surface area contributed by atoms with E-state index < -0.39 is 0 Å². The minimum atomic E-state index is -0.195. The number of hydrogen-bond acceptors (Lipinski definition) is 6. The summed E-state index contributed by atoms with van der Waals surface area (Å²) < 4.78 is 11.3. The number of aromatic nitrogens is 1. The molecule has 140 valence electrons. The molecular weight excluding hydrogens is 374 g/mol. The van der Waals surface area contributed by atoms with Crippen LogP contribution in [0.4, 0.5) is 5.69 Å². The van der Waals surface area contributed by atoms with E-state index in [4.69, 9.17) is 20.2 Å². The molecule has 1 aliphatic rings. The number of thiophene rings is 1. The number of nitrogen functional groups attached to an aromatic ring is 1. The van der Waals surface area contributed by atoms with Crippen LogP contribution in [0.15, 0.2) is 48.5 Å². The van der Waals surface area contributed by atoms with Crippen LogP contribution >= 0.6 is 11.3 Å². The topological polar surface area (TPSA) is 86.5 Å². The Morgan fingerprint density at radius 3 is 2.64 bits per heavy atom. The Kier molecular flexibility index (Phi) is 4.02. The lowest BCUT2D eigenvalue weighted by Gasteiger charge is -2.18. The van der Waals surface area contributed by atoms with Gasteiger partial charge in [0, 0.05) is 23.4 Å². The molecule has 5 rings (SSSR count). The van der Waals surface area contributed by atoms with Gasteiger partial charge in [-0.1, -0.05) is 30.3 Å². The predicted octanol–water partition coefficient (Wildman–Crippen LogP) is 3.73. The molecule has 0 radical (unpaired) electrons. The summed E-state index contributed by atoms with van der Waals surface area (Å²) in [6.45, 7) is 1.50. The van der Waals surface area contributed by atoms with E-state index in [0.717, 1.165) is 26.7 Å². The summed E-state index contributed by atoms with van der Waals surface area (Å²) in [5.41, 5.74) is 8.56. The Morgan fingerprint density at radius 1 is 1.11 bits per heavy atom. The zero-order valence-electron chi connectivity index (χ0n) is 14.9. The first-order chi connectivity index (χ1) is 13.7. The molecule has 1 amide bonds. The van der Waals surface area contributed by atoms with Gasteiger partial charge in [-0.25, -0.2) is 4.98 Å². The average molecular weight is 391 g/mol. The second-order valence-corrected chi connectivity index (χ2v) is 7.54. The summed E-state index contributed by atoms with van der Waals surface area (Å²) in [6, 6.07) is 15.5. The van der Waals surface area contributed by atoms with Crippen LogP contribution in [-0.2, 0) is 6.54 Å². The van der Waals surface area contributed by atoms with E-state index in [0.29, 0.717) is 41.8 Å². The van der Waals surface area contributed by atoms with Gasteiger partial charge in [-0.2, -0.15) is 0 Å². The number of nitrogens with zero attached hydrogens (tertiary/aromatic N) is 1. The summed E-state index contributed by atoms with van der Waals surface area (Å²) in [6.07, 6.45) is 0. The van der Waals surface area contributed by atoms with Crippen molar-refractivity contribution in [1.29, 1.82) is 0 Å². The monoisotopic (exact) mass is 391 g/mol. The minimum Gasteiger partial charge on any atom is -0.486 e. The van der Waals surface area contributed by atoms with E-state index in [1.807, 2.05) is 48.5 Å². The molecule has 1 aliphatic heterocycles. The van der Waals surface area contributed by atoms with Crippen molar-refractivity contribution in [2.75, 3.05) is 18.9 Å². The molecule has 0 bridgehead atoms. The maximum Gasteiger partial charge on any atom is 0.263 e. The zero-order chi connectivity index (χ0) is 19.1. The number of nitrogens with one attached hydrogen (secondary N) is 1. The van der Waals surface area contributed by atoms with Gasteiger partial charge < -0.3 is 20.5 Å².